The van der Waals surface area contributed by atoms with E-state index in [2.05, 4.69) is 0 Å². The minimum Gasteiger partial charge on any atom is -0.519 e. The Labute approximate surface area is 260 Å². The fourth-order valence-corrected chi connectivity index (χ4v) is 5.86. The molecule has 0 aliphatic heterocycles. The van der Waals surface area contributed by atoms with Crippen molar-refractivity contribution >= 4 is 34.1 Å². The first-order valence-electron chi connectivity index (χ1n) is 13.6. The minimum absolute atomic E-state index is 0.0153. The molecule has 0 saturated carbocycles. The van der Waals surface area contributed by atoms with Gasteiger partial charge in [0.2, 0.25) is 11.6 Å². The third-order valence-corrected chi connectivity index (χ3v) is 7.97. The van der Waals surface area contributed by atoms with Crippen LogP contribution in [0.3, 0.4) is 0 Å². The van der Waals surface area contributed by atoms with E-state index < -0.39 is 133 Å². The van der Waals surface area contributed by atoms with E-state index in [1.54, 1.807) is 0 Å². The zero-order valence-electron chi connectivity index (χ0n) is 23.3. The number of rotatable bonds is 5. The van der Waals surface area contributed by atoms with Crippen LogP contribution >= 0.6 is 0 Å². The lowest BCUT2D eigenvalue weighted by molar-refractivity contribution is 0.362. The Balaban J connectivity index is 1.55. The van der Waals surface area contributed by atoms with E-state index in [-0.39, 0.29) is 10.9 Å². The van der Waals surface area contributed by atoms with E-state index in [4.69, 9.17) is 9.31 Å². The second-order valence-corrected chi connectivity index (χ2v) is 10.6. The Kier molecular flexibility index (Phi) is 7.25. The molecular formula is C33H11BF12O2. The quantitative estimate of drug-likeness (QED) is 0.0595. The van der Waals surface area contributed by atoms with Crippen molar-refractivity contribution in [1.82, 2.24) is 0 Å². The predicted octanol–water partition coefficient (Wildman–Crippen LogP) is 9.09. The maximum absolute atomic E-state index is 15.8. The summed E-state index contributed by atoms with van der Waals surface area (Å²) in [6.45, 7) is 0. The molecule has 0 heterocycles. The number of hydrogen-bond donors (Lipinski definition) is 0. The molecule has 7 rings (SSSR count). The summed E-state index contributed by atoms with van der Waals surface area (Å²) in [4.78, 5) is 0. The summed E-state index contributed by atoms with van der Waals surface area (Å²) in [5.41, 5.74) is -3.48. The molecule has 0 bridgehead atoms. The van der Waals surface area contributed by atoms with Crippen molar-refractivity contribution in [3.63, 3.8) is 0 Å². The molecule has 0 unspecified atom stereocenters. The van der Waals surface area contributed by atoms with Gasteiger partial charge < -0.3 is 9.31 Å². The van der Waals surface area contributed by atoms with E-state index in [0.29, 0.717) is 18.2 Å². The van der Waals surface area contributed by atoms with Crippen molar-refractivity contribution in [1.29, 1.82) is 0 Å². The van der Waals surface area contributed by atoms with Crippen molar-refractivity contribution in [2.24, 2.45) is 0 Å². The fourth-order valence-electron chi connectivity index (χ4n) is 5.86. The van der Waals surface area contributed by atoms with Crippen molar-refractivity contribution in [3.8, 4) is 22.6 Å². The van der Waals surface area contributed by atoms with Gasteiger partial charge in [0.25, 0.3) is 0 Å². The van der Waals surface area contributed by atoms with E-state index >= 15 is 30.7 Å². The number of fused-ring (bicyclic) bond motifs is 5. The molecule has 1 aliphatic carbocycles. The van der Waals surface area contributed by atoms with Crippen LogP contribution in [-0.4, -0.2) is 7.12 Å². The topological polar surface area (TPSA) is 18.5 Å². The first-order valence-corrected chi connectivity index (χ1v) is 13.6. The summed E-state index contributed by atoms with van der Waals surface area (Å²) in [6, 6.07) is 7.59. The third-order valence-electron chi connectivity index (χ3n) is 7.97. The highest BCUT2D eigenvalue weighted by atomic mass is 19.2. The first kappa shape index (κ1) is 31.3. The van der Waals surface area contributed by atoms with E-state index in [1.165, 1.54) is 12.1 Å². The zero-order chi connectivity index (χ0) is 34.3. The standard InChI is InChI=1S/C33H11BF12O2/c35-15-5-1-3-11-10-14-21(19(11)15)26(41)30(45)31(46)32(14)47-34(48-33-18(38)8-7-17(37)24(33)39)23-13-9-12-4-2-6-16(36)20(12)25(40)22(13)27(42)29(44)28(23)43/h1-9H,10H2. The molecule has 0 fully saturated rings. The molecule has 0 saturated heterocycles. The number of halogens is 12. The molecule has 0 N–H and O–H groups in total. The van der Waals surface area contributed by atoms with Gasteiger partial charge in [-0.2, -0.15) is 8.78 Å². The normalized spacial score (nSPS) is 12.1. The highest BCUT2D eigenvalue weighted by molar-refractivity contribution is 6.66. The molecule has 242 valence electrons. The largest absolute Gasteiger partial charge is 0.636 e. The minimum atomic E-state index is -2.98. The van der Waals surface area contributed by atoms with Crippen LogP contribution in [0, 0.1) is 69.8 Å². The maximum atomic E-state index is 15.8. The van der Waals surface area contributed by atoms with Gasteiger partial charge in [-0.05, 0) is 46.7 Å². The van der Waals surface area contributed by atoms with Gasteiger partial charge in [0.15, 0.2) is 46.5 Å². The second-order valence-electron chi connectivity index (χ2n) is 10.6. The smallest absolute Gasteiger partial charge is 0.519 e. The highest BCUT2D eigenvalue weighted by Crippen LogP contribution is 2.47. The van der Waals surface area contributed by atoms with Crippen LogP contribution in [0.2, 0.25) is 0 Å². The van der Waals surface area contributed by atoms with Gasteiger partial charge in [-0.15, -0.1) is 0 Å². The zero-order valence-corrected chi connectivity index (χ0v) is 23.3. The Hall–Kier alpha value is -5.34. The van der Waals surface area contributed by atoms with E-state index in [1.807, 2.05) is 0 Å². The van der Waals surface area contributed by atoms with Gasteiger partial charge in [-0.3, -0.25) is 0 Å². The van der Waals surface area contributed by atoms with Gasteiger partial charge >= 0.3 is 7.12 Å². The summed E-state index contributed by atoms with van der Waals surface area (Å²) in [6.07, 6.45) is -0.569. The van der Waals surface area contributed by atoms with E-state index in [9.17, 15) is 22.0 Å². The summed E-state index contributed by atoms with van der Waals surface area (Å²) < 4.78 is 191. The SMILES string of the molecule is Fc1ccc(F)c(OB(Oc2c(F)c(F)c(F)c3c2Cc2cccc(F)c2-3)c2c(F)c(F)c(F)c3c(F)c4c(F)cccc4cc23)c1F. The monoisotopic (exact) mass is 678 g/mol. The molecule has 0 aromatic heterocycles. The molecule has 48 heavy (non-hydrogen) atoms. The average molecular weight is 678 g/mol. The molecule has 1 aliphatic rings. The van der Waals surface area contributed by atoms with Crippen LogP contribution in [0.15, 0.2) is 54.6 Å². The number of benzene rings is 6. The lowest BCUT2D eigenvalue weighted by Gasteiger charge is -2.22. The predicted molar refractivity (Wildman–Crippen MR) is 149 cm³/mol. The van der Waals surface area contributed by atoms with Crippen LogP contribution in [0.25, 0.3) is 32.7 Å². The second kappa shape index (κ2) is 11.1. The van der Waals surface area contributed by atoms with Crippen LogP contribution in [0.5, 0.6) is 11.5 Å². The molecule has 15 heteroatoms. The van der Waals surface area contributed by atoms with Gasteiger partial charge in [-0.1, -0.05) is 24.3 Å². The fraction of sp³-hybridized carbons (Fsp3) is 0.0303. The summed E-state index contributed by atoms with van der Waals surface area (Å²) in [7, 11) is -2.98. The van der Waals surface area contributed by atoms with E-state index in [0.717, 1.165) is 24.3 Å². The molecule has 6 aromatic carbocycles. The van der Waals surface area contributed by atoms with Crippen molar-refractivity contribution in [2.45, 2.75) is 6.42 Å². The first-order chi connectivity index (χ1) is 22.8. The molecule has 6 aromatic rings. The van der Waals surface area contributed by atoms with Crippen LogP contribution in [0.1, 0.15) is 11.1 Å². The molecule has 0 spiro atoms. The Morgan fingerprint density at radius 3 is 1.88 bits per heavy atom. The van der Waals surface area contributed by atoms with Gasteiger partial charge in [0.1, 0.15) is 23.2 Å². The summed E-state index contributed by atoms with van der Waals surface area (Å²) in [5.74, 6) is -25.9. The third kappa shape index (κ3) is 4.47. The van der Waals surface area contributed by atoms with Crippen molar-refractivity contribution in [2.75, 3.05) is 0 Å². The van der Waals surface area contributed by atoms with Crippen LogP contribution < -0.4 is 14.8 Å². The molecule has 0 atom stereocenters. The Morgan fingerprint density at radius 2 is 1.12 bits per heavy atom. The Bertz CT molecular complexity index is 2380. The molecule has 2 nitrogen and oxygen atoms in total. The molecular weight excluding hydrogens is 667 g/mol. The lowest BCUT2D eigenvalue weighted by atomic mass is 9.74. The van der Waals surface area contributed by atoms with Crippen LogP contribution in [0.4, 0.5) is 52.7 Å². The lowest BCUT2D eigenvalue weighted by Crippen LogP contribution is -2.46. The summed E-state index contributed by atoms with van der Waals surface area (Å²) in [5, 5.41) is -3.72. The Morgan fingerprint density at radius 1 is 0.479 bits per heavy atom. The molecule has 0 radical (unpaired) electrons. The highest BCUT2D eigenvalue weighted by Gasteiger charge is 2.42. The van der Waals surface area contributed by atoms with Gasteiger partial charge in [0.05, 0.1) is 16.2 Å². The van der Waals surface area contributed by atoms with Gasteiger partial charge in [-0.25, -0.2) is 43.9 Å². The number of hydrogen-bond acceptors (Lipinski definition) is 2. The van der Waals surface area contributed by atoms with Crippen LogP contribution in [-0.2, 0) is 6.42 Å². The van der Waals surface area contributed by atoms with Crippen molar-refractivity contribution in [3.05, 3.63) is 136 Å². The van der Waals surface area contributed by atoms with Gasteiger partial charge in [0, 0.05) is 23.1 Å². The summed E-state index contributed by atoms with van der Waals surface area (Å²) >= 11 is 0. The average Bonchev–Trinajstić information content (AvgIpc) is 3.45. The molecule has 0 amide bonds. The van der Waals surface area contributed by atoms with Crippen molar-refractivity contribution < 1.29 is 62.0 Å². The maximum Gasteiger partial charge on any atom is 0.636 e.